The monoisotopic (exact) mass is 219 g/mol. The summed E-state index contributed by atoms with van der Waals surface area (Å²) in [5.41, 5.74) is 2.41. The summed E-state index contributed by atoms with van der Waals surface area (Å²) in [5, 5.41) is 8.96. The van der Waals surface area contributed by atoms with E-state index in [-0.39, 0.29) is 11.6 Å². The molecule has 0 amide bonds. The highest BCUT2D eigenvalue weighted by atomic mass is 16.4. The van der Waals surface area contributed by atoms with Crippen LogP contribution in [-0.2, 0) is 7.05 Å². The molecule has 0 aliphatic carbocycles. The van der Waals surface area contributed by atoms with Crippen molar-refractivity contribution in [2.24, 2.45) is 7.05 Å². The second-order valence-electron chi connectivity index (χ2n) is 4.08. The lowest BCUT2D eigenvalue weighted by Crippen LogP contribution is -2.06. The van der Waals surface area contributed by atoms with Gasteiger partial charge in [-0.2, -0.15) is 0 Å². The van der Waals surface area contributed by atoms with Crippen molar-refractivity contribution in [3.8, 4) is 0 Å². The summed E-state index contributed by atoms with van der Waals surface area (Å²) < 4.78 is 1.86. The van der Waals surface area contributed by atoms with Crippen molar-refractivity contribution in [2.75, 3.05) is 0 Å². The minimum Gasteiger partial charge on any atom is -0.477 e. The molecule has 2 aromatic rings. The zero-order valence-electron chi connectivity index (χ0n) is 9.43. The third-order valence-electron chi connectivity index (χ3n) is 2.49. The van der Waals surface area contributed by atoms with E-state index in [1.807, 2.05) is 25.5 Å². The summed E-state index contributed by atoms with van der Waals surface area (Å²) in [5.74, 6) is -0.855. The molecule has 0 unspecified atom stereocenters. The van der Waals surface area contributed by atoms with Crippen LogP contribution in [0.4, 0.5) is 0 Å². The van der Waals surface area contributed by atoms with Crippen LogP contribution in [0.3, 0.4) is 0 Å². The molecular formula is C11H13N3O2. The van der Waals surface area contributed by atoms with Gasteiger partial charge in [-0.3, -0.25) is 0 Å². The predicted octanol–water partition coefficient (Wildman–Crippen LogP) is 1.79. The van der Waals surface area contributed by atoms with E-state index in [0.717, 1.165) is 11.2 Å². The molecule has 2 rings (SSSR count). The lowest BCUT2D eigenvalue weighted by Gasteiger charge is -2.08. The van der Waals surface area contributed by atoms with E-state index in [4.69, 9.17) is 5.11 Å². The van der Waals surface area contributed by atoms with Gasteiger partial charge in [0.25, 0.3) is 0 Å². The van der Waals surface area contributed by atoms with Crippen molar-refractivity contribution in [3.63, 3.8) is 0 Å². The van der Waals surface area contributed by atoms with Gasteiger partial charge in [0.1, 0.15) is 0 Å². The van der Waals surface area contributed by atoms with Gasteiger partial charge in [0.15, 0.2) is 5.69 Å². The summed E-state index contributed by atoms with van der Waals surface area (Å²) in [6.45, 7) is 3.97. The molecule has 1 N–H and O–H groups in total. The molecule has 2 aromatic heterocycles. The van der Waals surface area contributed by atoms with E-state index in [1.165, 1.54) is 6.07 Å². The second kappa shape index (κ2) is 3.59. The van der Waals surface area contributed by atoms with E-state index in [2.05, 4.69) is 9.97 Å². The van der Waals surface area contributed by atoms with E-state index < -0.39 is 5.97 Å². The number of fused-ring (bicyclic) bond motifs is 1. The van der Waals surface area contributed by atoms with Crippen LogP contribution >= 0.6 is 0 Å². The van der Waals surface area contributed by atoms with Gasteiger partial charge >= 0.3 is 5.97 Å². The number of pyridine rings is 1. The van der Waals surface area contributed by atoms with Gasteiger partial charge in [-0.1, -0.05) is 13.8 Å². The first-order valence-corrected chi connectivity index (χ1v) is 5.06. The number of carboxylic acid groups (broad SMARTS) is 1. The minimum atomic E-state index is -1.02. The number of carboxylic acids is 1. The Hall–Kier alpha value is -1.91. The SMILES string of the molecule is CC(C)c1nc(C(=O)O)cc2ncn(C)c12. The van der Waals surface area contributed by atoms with Gasteiger partial charge in [-0.15, -0.1) is 0 Å². The van der Waals surface area contributed by atoms with Crippen LogP contribution in [0.1, 0.15) is 35.9 Å². The fraction of sp³-hybridized carbons (Fsp3) is 0.364. The molecule has 0 spiro atoms. The third kappa shape index (κ3) is 1.54. The number of hydrogen-bond donors (Lipinski definition) is 1. The number of aryl methyl sites for hydroxylation is 1. The molecule has 0 saturated heterocycles. The molecule has 5 heteroatoms. The average Bonchev–Trinajstić information content (AvgIpc) is 2.59. The molecule has 84 valence electrons. The van der Waals surface area contributed by atoms with Crippen molar-refractivity contribution in [1.29, 1.82) is 0 Å². The fourth-order valence-corrected chi connectivity index (χ4v) is 1.72. The quantitative estimate of drug-likeness (QED) is 0.836. The zero-order chi connectivity index (χ0) is 11.9. The van der Waals surface area contributed by atoms with Gasteiger partial charge in [-0.05, 0) is 12.0 Å². The van der Waals surface area contributed by atoms with Crippen LogP contribution in [-0.4, -0.2) is 25.6 Å². The molecule has 0 aromatic carbocycles. The van der Waals surface area contributed by atoms with Crippen molar-refractivity contribution in [2.45, 2.75) is 19.8 Å². The van der Waals surface area contributed by atoms with E-state index in [0.29, 0.717) is 5.52 Å². The molecule has 0 aliphatic heterocycles. The summed E-state index contributed by atoms with van der Waals surface area (Å²) >= 11 is 0. The Morgan fingerprint density at radius 3 is 2.75 bits per heavy atom. The molecule has 2 heterocycles. The molecule has 16 heavy (non-hydrogen) atoms. The van der Waals surface area contributed by atoms with Crippen LogP contribution < -0.4 is 0 Å². The lowest BCUT2D eigenvalue weighted by atomic mass is 10.1. The van der Waals surface area contributed by atoms with E-state index in [9.17, 15) is 4.79 Å². The Morgan fingerprint density at radius 2 is 2.19 bits per heavy atom. The molecule has 0 saturated carbocycles. The highest BCUT2D eigenvalue weighted by Gasteiger charge is 2.16. The molecule has 0 aliphatic rings. The Bertz CT molecular complexity index is 558. The first kappa shape index (κ1) is 10.6. The van der Waals surface area contributed by atoms with Gasteiger partial charge in [0, 0.05) is 7.05 Å². The molecule has 0 fully saturated rings. The number of nitrogens with zero attached hydrogens (tertiary/aromatic N) is 3. The van der Waals surface area contributed by atoms with Crippen molar-refractivity contribution in [3.05, 3.63) is 23.8 Å². The van der Waals surface area contributed by atoms with Crippen molar-refractivity contribution >= 4 is 17.0 Å². The molecule has 0 bridgehead atoms. The molecule has 0 radical (unpaired) electrons. The van der Waals surface area contributed by atoms with Gasteiger partial charge in [-0.25, -0.2) is 14.8 Å². The Labute approximate surface area is 92.8 Å². The zero-order valence-corrected chi connectivity index (χ0v) is 9.43. The third-order valence-corrected chi connectivity index (χ3v) is 2.49. The maximum atomic E-state index is 10.9. The average molecular weight is 219 g/mol. The fourth-order valence-electron chi connectivity index (χ4n) is 1.72. The van der Waals surface area contributed by atoms with E-state index in [1.54, 1.807) is 6.33 Å². The topological polar surface area (TPSA) is 68.0 Å². The van der Waals surface area contributed by atoms with Gasteiger partial charge < -0.3 is 9.67 Å². The number of aromatic nitrogens is 3. The van der Waals surface area contributed by atoms with Gasteiger partial charge in [0.2, 0.25) is 0 Å². The molecule has 0 atom stereocenters. The van der Waals surface area contributed by atoms with Crippen LogP contribution in [0.15, 0.2) is 12.4 Å². The number of hydrogen-bond acceptors (Lipinski definition) is 3. The van der Waals surface area contributed by atoms with Crippen LogP contribution in [0.25, 0.3) is 11.0 Å². The lowest BCUT2D eigenvalue weighted by molar-refractivity contribution is 0.0690. The van der Waals surface area contributed by atoms with E-state index >= 15 is 0 Å². The predicted molar refractivity (Wildman–Crippen MR) is 59.6 cm³/mol. The highest BCUT2D eigenvalue weighted by Crippen LogP contribution is 2.23. The Kier molecular flexibility index (Phi) is 2.38. The van der Waals surface area contributed by atoms with Crippen LogP contribution in [0.2, 0.25) is 0 Å². The maximum Gasteiger partial charge on any atom is 0.354 e. The maximum absolute atomic E-state index is 10.9. The first-order chi connectivity index (χ1) is 7.50. The normalized spacial score (nSPS) is 11.2. The largest absolute Gasteiger partial charge is 0.477 e. The van der Waals surface area contributed by atoms with Crippen molar-refractivity contribution < 1.29 is 9.90 Å². The van der Waals surface area contributed by atoms with Gasteiger partial charge in [0.05, 0.1) is 23.1 Å². The highest BCUT2D eigenvalue weighted by molar-refractivity contribution is 5.91. The first-order valence-electron chi connectivity index (χ1n) is 5.06. The van der Waals surface area contributed by atoms with Crippen LogP contribution in [0.5, 0.6) is 0 Å². The number of imidazole rings is 1. The molecule has 5 nitrogen and oxygen atoms in total. The number of aromatic carboxylic acids is 1. The smallest absolute Gasteiger partial charge is 0.354 e. The second-order valence-corrected chi connectivity index (χ2v) is 4.08. The molecular weight excluding hydrogens is 206 g/mol. The Balaban J connectivity index is 2.81. The minimum absolute atomic E-state index is 0.0508. The summed E-state index contributed by atoms with van der Waals surface area (Å²) in [7, 11) is 1.88. The summed E-state index contributed by atoms with van der Waals surface area (Å²) in [6, 6.07) is 1.50. The standard InChI is InChI=1S/C11H13N3O2/c1-6(2)9-10-7(12-5-14(10)3)4-8(13-9)11(15)16/h4-6H,1-3H3,(H,15,16). The number of rotatable bonds is 2. The number of carbonyl (C=O) groups is 1. The summed E-state index contributed by atoms with van der Waals surface area (Å²) in [6.07, 6.45) is 1.67. The Morgan fingerprint density at radius 1 is 1.50 bits per heavy atom. The summed E-state index contributed by atoms with van der Waals surface area (Å²) in [4.78, 5) is 19.3. The van der Waals surface area contributed by atoms with Crippen molar-refractivity contribution in [1.82, 2.24) is 14.5 Å². The van der Waals surface area contributed by atoms with Crippen LogP contribution in [0, 0.1) is 0 Å².